The van der Waals surface area contributed by atoms with E-state index in [2.05, 4.69) is 41.5 Å². The number of fused-ring (bicyclic) bond motifs is 6. The zero-order chi connectivity index (χ0) is 72.0. The van der Waals surface area contributed by atoms with Crippen molar-refractivity contribution in [3.8, 4) is 34.5 Å². The number of rotatable bonds is 54. The van der Waals surface area contributed by atoms with Gasteiger partial charge >= 0.3 is 0 Å². The number of benzene rings is 6. The highest BCUT2D eigenvalue weighted by Crippen LogP contribution is 2.41. The molecule has 558 valence electrons. The van der Waals surface area contributed by atoms with Gasteiger partial charge in [-0.1, -0.05) is 271 Å². The first-order valence-corrected chi connectivity index (χ1v) is 40.6. The SMILES string of the molecule is CCCCCCCCOc1ccc(CN2C(=O)c3ccc(OCCCCCCCC)c(c3)N(Cc3ccc(OCCCCCCCC)cc3)C(=O)c3ccc(OCCCCCCCC)c(c3)N(Cc3ccc(OCCCCCCCC)cc3)C(=O)c3ccc(OCCCCCCCC)c2c3)cc1. The van der Waals surface area contributed by atoms with Crippen LogP contribution in [0, 0.1) is 0 Å². The van der Waals surface area contributed by atoms with Crippen molar-refractivity contribution >= 4 is 34.8 Å². The molecule has 3 amide bonds. The van der Waals surface area contributed by atoms with Crippen LogP contribution in [0.3, 0.4) is 0 Å². The van der Waals surface area contributed by atoms with Gasteiger partial charge in [-0.05, 0) is 146 Å². The van der Waals surface area contributed by atoms with E-state index in [-0.39, 0.29) is 37.4 Å². The van der Waals surface area contributed by atoms with Gasteiger partial charge < -0.3 is 43.1 Å². The summed E-state index contributed by atoms with van der Waals surface area (Å²) >= 11 is 0. The van der Waals surface area contributed by atoms with Gasteiger partial charge in [0.15, 0.2) is 0 Å². The van der Waals surface area contributed by atoms with E-state index in [1.807, 2.05) is 127 Å². The van der Waals surface area contributed by atoms with Gasteiger partial charge in [0, 0.05) is 16.7 Å². The standard InChI is InChI=1S/C90H129N3O9/c1-7-13-19-25-31-37-61-97-79-52-43-73(44-53-79)70-91-82-67-77(50-58-85(82)100-64-40-34-28-22-16-10-4)89(95)93(72-75-47-56-81(57-48-75)99-63-39-33-27-21-15-9-3)84-69-78(51-60-87(84)102-66-42-36-30-24-18-12-6)90(96)92(71-74-45-54-80(55-46-74)98-62-38-32-26-20-14-8-2)83-68-76(88(91)94)49-59-86(83)101-65-41-35-29-23-17-11-5/h43-60,67-69H,7-42,61-66,70-72H2,1-6H3. The van der Waals surface area contributed by atoms with Crippen molar-refractivity contribution in [2.45, 2.75) is 292 Å². The van der Waals surface area contributed by atoms with E-state index in [0.29, 0.717) is 90.6 Å². The summed E-state index contributed by atoms with van der Waals surface area (Å²) in [7, 11) is 0. The topological polar surface area (TPSA) is 116 Å². The Hall–Kier alpha value is -7.47. The zero-order valence-electron chi connectivity index (χ0n) is 64.0. The number of amides is 3. The van der Waals surface area contributed by atoms with Gasteiger partial charge in [0.05, 0.1) is 76.3 Å². The molecule has 1 aliphatic rings. The molecule has 12 nitrogen and oxygen atoms in total. The summed E-state index contributed by atoms with van der Waals surface area (Å²) < 4.78 is 39.5. The summed E-state index contributed by atoms with van der Waals surface area (Å²) in [6.07, 6.45) is 40.5. The molecule has 0 atom stereocenters. The fourth-order valence-corrected chi connectivity index (χ4v) is 13.2. The van der Waals surface area contributed by atoms with E-state index < -0.39 is 0 Å². The smallest absolute Gasteiger partial charge is 0.258 e. The van der Waals surface area contributed by atoms with Crippen LogP contribution in [0.25, 0.3) is 0 Å². The Labute approximate surface area is 616 Å². The lowest BCUT2D eigenvalue weighted by molar-refractivity contribution is 0.0973. The third-order valence-electron chi connectivity index (χ3n) is 19.6. The second kappa shape index (κ2) is 49.2. The number of anilines is 3. The first-order chi connectivity index (χ1) is 50.2. The third-order valence-corrected chi connectivity index (χ3v) is 19.6. The molecule has 0 radical (unpaired) electrons. The lowest BCUT2D eigenvalue weighted by atomic mass is 10.1. The maximum atomic E-state index is 16.4. The van der Waals surface area contributed by atoms with Crippen LogP contribution in [0.2, 0.25) is 0 Å². The Morgan fingerprint density at radius 1 is 0.225 bits per heavy atom. The summed E-state index contributed by atoms with van der Waals surface area (Å²) in [5, 5.41) is 0. The van der Waals surface area contributed by atoms with E-state index >= 15 is 14.4 Å². The van der Waals surface area contributed by atoms with E-state index in [1.54, 1.807) is 14.7 Å². The second-order valence-electron chi connectivity index (χ2n) is 28.4. The normalized spacial score (nSPS) is 12.4. The van der Waals surface area contributed by atoms with Crippen molar-refractivity contribution in [2.24, 2.45) is 0 Å². The minimum absolute atomic E-state index is 0.122. The molecule has 0 unspecified atom stereocenters. The largest absolute Gasteiger partial charge is 0.494 e. The minimum atomic E-state index is -0.341. The quantitative estimate of drug-likeness (QED) is 0.0344. The highest BCUT2D eigenvalue weighted by Gasteiger charge is 2.32. The van der Waals surface area contributed by atoms with E-state index in [0.717, 1.165) is 150 Å². The first kappa shape index (κ1) is 81.8. The summed E-state index contributed by atoms with van der Waals surface area (Å²) in [4.78, 5) is 54.4. The molecule has 0 N–H and O–H groups in total. The second-order valence-corrected chi connectivity index (χ2v) is 28.4. The Balaban J connectivity index is 1.40. The highest BCUT2D eigenvalue weighted by molar-refractivity contribution is 6.13. The molecule has 1 aliphatic heterocycles. The van der Waals surface area contributed by atoms with Gasteiger partial charge in [-0.2, -0.15) is 0 Å². The maximum Gasteiger partial charge on any atom is 0.258 e. The predicted molar refractivity (Wildman–Crippen MR) is 423 cm³/mol. The zero-order valence-corrected chi connectivity index (χ0v) is 64.0. The lowest BCUT2D eigenvalue weighted by Gasteiger charge is -2.28. The third kappa shape index (κ3) is 29.0. The van der Waals surface area contributed by atoms with E-state index in [4.69, 9.17) is 28.4 Å². The summed E-state index contributed by atoms with van der Waals surface area (Å²) in [6.45, 7) is 16.9. The molecule has 0 spiro atoms. The predicted octanol–water partition coefficient (Wildman–Crippen LogP) is 25.0. The number of hydrogen-bond donors (Lipinski definition) is 0. The molecule has 6 aromatic carbocycles. The van der Waals surface area contributed by atoms with Gasteiger partial charge in [0.2, 0.25) is 0 Å². The minimum Gasteiger partial charge on any atom is -0.494 e. The van der Waals surface area contributed by atoms with Crippen molar-refractivity contribution in [3.05, 3.63) is 161 Å². The number of nitrogens with zero attached hydrogens (tertiary/aromatic N) is 3. The number of carbonyl (C=O) groups is 3. The van der Waals surface area contributed by atoms with Gasteiger partial charge in [-0.15, -0.1) is 0 Å². The van der Waals surface area contributed by atoms with Gasteiger partial charge in [-0.3, -0.25) is 14.4 Å². The molecule has 6 aromatic rings. The van der Waals surface area contributed by atoms with Crippen LogP contribution in [0.15, 0.2) is 127 Å². The van der Waals surface area contributed by atoms with Crippen molar-refractivity contribution < 1.29 is 42.8 Å². The Kier molecular flexibility index (Phi) is 39.5. The summed E-state index contributed by atoms with van der Waals surface area (Å²) in [5.41, 5.74) is 4.91. The van der Waals surface area contributed by atoms with Gasteiger partial charge in [-0.25, -0.2) is 0 Å². The number of unbranched alkanes of at least 4 members (excludes halogenated alkanes) is 30. The molecule has 0 saturated carbocycles. The van der Waals surface area contributed by atoms with E-state index in [1.165, 1.54) is 116 Å². The molecule has 0 fully saturated rings. The average molecular weight is 1400 g/mol. The van der Waals surface area contributed by atoms with E-state index in [9.17, 15) is 0 Å². The van der Waals surface area contributed by atoms with Crippen LogP contribution < -0.4 is 43.1 Å². The lowest BCUT2D eigenvalue weighted by Crippen LogP contribution is -2.33. The van der Waals surface area contributed by atoms with Crippen LogP contribution in [0.4, 0.5) is 17.1 Å². The first-order valence-electron chi connectivity index (χ1n) is 40.6. The summed E-state index contributed by atoms with van der Waals surface area (Å²) in [5.74, 6) is 2.73. The monoisotopic (exact) mass is 1400 g/mol. The molecule has 12 heteroatoms. The molecule has 6 bridgehead atoms. The maximum absolute atomic E-state index is 16.4. The number of hydrogen-bond acceptors (Lipinski definition) is 9. The average Bonchev–Trinajstić information content (AvgIpc) is 1.29. The van der Waals surface area contributed by atoms with Crippen molar-refractivity contribution in [1.82, 2.24) is 0 Å². The van der Waals surface area contributed by atoms with Crippen molar-refractivity contribution in [3.63, 3.8) is 0 Å². The Morgan fingerprint density at radius 3 is 0.637 bits per heavy atom. The fourth-order valence-electron chi connectivity index (χ4n) is 13.2. The molecular formula is C90H129N3O9. The molecular weight excluding hydrogens is 1270 g/mol. The molecule has 0 saturated heterocycles. The Bertz CT molecular complexity index is 2930. The van der Waals surface area contributed by atoms with Crippen molar-refractivity contribution in [1.29, 1.82) is 0 Å². The molecule has 0 aromatic heterocycles. The van der Waals surface area contributed by atoms with Gasteiger partial charge in [0.1, 0.15) is 34.5 Å². The van der Waals surface area contributed by atoms with Gasteiger partial charge in [0.25, 0.3) is 17.7 Å². The molecule has 102 heavy (non-hydrogen) atoms. The molecule has 7 rings (SSSR count). The Morgan fingerprint density at radius 2 is 0.422 bits per heavy atom. The van der Waals surface area contributed by atoms with Crippen LogP contribution in [-0.2, 0) is 19.6 Å². The van der Waals surface area contributed by atoms with Crippen LogP contribution >= 0.6 is 0 Å². The molecule has 1 heterocycles. The highest BCUT2D eigenvalue weighted by atomic mass is 16.5. The van der Waals surface area contributed by atoms with Crippen LogP contribution in [0.5, 0.6) is 34.5 Å². The summed E-state index contributed by atoms with van der Waals surface area (Å²) in [6, 6.07) is 40.6. The van der Waals surface area contributed by atoms with Crippen molar-refractivity contribution in [2.75, 3.05) is 54.3 Å². The fraction of sp³-hybridized carbons (Fsp3) is 0.567. The van der Waals surface area contributed by atoms with Crippen LogP contribution in [0.1, 0.15) is 320 Å². The number of ether oxygens (including phenoxy) is 6. The molecule has 0 aliphatic carbocycles. The van der Waals surface area contributed by atoms with Crippen LogP contribution in [-0.4, -0.2) is 57.4 Å². The number of carbonyl (C=O) groups excluding carboxylic acids is 3.